The molecule has 26 heavy (non-hydrogen) atoms. The van der Waals surface area contributed by atoms with Crippen LogP contribution >= 0.6 is 23.2 Å². The molecule has 2 amide bonds. The second-order valence-corrected chi connectivity index (χ2v) is 5.75. The molecule has 0 unspecified atom stereocenters. The predicted octanol–water partition coefficient (Wildman–Crippen LogP) is 3.10. The highest BCUT2D eigenvalue weighted by molar-refractivity contribution is 6.39. The number of nitrogens with one attached hydrogen (secondary N) is 2. The Balaban J connectivity index is 2.00. The van der Waals surface area contributed by atoms with E-state index >= 15 is 0 Å². The first-order chi connectivity index (χ1) is 12.4. The van der Waals surface area contributed by atoms with Gasteiger partial charge in [0.1, 0.15) is 0 Å². The molecule has 2 aromatic carbocycles. The molecule has 0 atom stereocenters. The van der Waals surface area contributed by atoms with Crippen LogP contribution in [0, 0.1) is 0 Å². The van der Waals surface area contributed by atoms with Crippen molar-refractivity contribution < 1.29 is 19.1 Å². The normalized spacial score (nSPS) is 10.5. The first-order valence-electron chi connectivity index (χ1n) is 7.26. The van der Waals surface area contributed by atoms with E-state index in [2.05, 4.69) is 15.8 Å². The van der Waals surface area contributed by atoms with Crippen molar-refractivity contribution >= 4 is 46.9 Å². The summed E-state index contributed by atoms with van der Waals surface area (Å²) in [4.78, 5) is 23.6. The highest BCUT2D eigenvalue weighted by Crippen LogP contribution is 2.35. The maximum Gasteiger partial charge on any atom is 0.329 e. The summed E-state index contributed by atoms with van der Waals surface area (Å²) in [6, 6.07) is 9.61. The monoisotopic (exact) mass is 395 g/mol. The van der Waals surface area contributed by atoms with Crippen molar-refractivity contribution in [3.8, 4) is 11.5 Å². The molecule has 0 aromatic heterocycles. The third kappa shape index (κ3) is 5.11. The summed E-state index contributed by atoms with van der Waals surface area (Å²) >= 11 is 11.9. The van der Waals surface area contributed by atoms with Gasteiger partial charge in [-0.25, -0.2) is 5.43 Å². The minimum absolute atomic E-state index is 0.318. The second kappa shape index (κ2) is 9.07. The number of nitrogens with zero attached hydrogens (tertiary/aromatic N) is 1. The van der Waals surface area contributed by atoms with E-state index in [1.807, 2.05) is 0 Å². The van der Waals surface area contributed by atoms with Crippen LogP contribution in [0.25, 0.3) is 0 Å². The summed E-state index contributed by atoms with van der Waals surface area (Å²) < 4.78 is 10.3. The van der Waals surface area contributed by atoms with Crippen molar-refractivity contribution in [2.45, 2.75) is 0 Å². The molecule has 0 fully saturated rings. The number of anilines is 1. The fourth-order valence-electron chi connectivity index (χ4n) is 1.98. The Kier molecular flexibility index (Phi) is 6.82. The van der Waals surface area contributed by atoms with Gasteiger partial charge in [0, 0.05) is 10.7 Å². The van der Waals surface area contributed by atoms with E-state index in [4.69, 9.17) is 32.7 Å². The SMILES string of the molecule is COc1cc(/C=N\NC(=O)C(=O)Nc2cccc(Cl)c2)cc(Cl)c1OC. The molecule has 0 saturated carbocycles. The van der Waals surface area contributed by atoms with E-state index < -0.39 is 11.8 Å². The number of carbonyl (C=O) groups is 2. The second-order valence-electron chi connectivity index (χ2n) is 4.90. The molecule has 0 bridgehead atoms. The van der Waals surface area contributed by atoms with Gasteiger partial charge in [-0.05, 0) is 35.9 Å². The number of hydrazone groups is 1. The zero-order valence-corrected chi connectivity index (χ0v) is 15.4. The van der Waals surface area contributed by atoms with Crippen molar-refractivity contribution in [1.29, 1.82) is 0 Å². The first-order valence-corrected chi connectivity index (χ1v) is 8.01. The molecular weight excluding hydrogens is 381 g/mol. The minimum Gasteiger partial charge on any atom is -0.493 e. The molecule has 2 rings (SSSR count). The van der Waals surface area contributed by atoms with E-state index in [-0.39, 0.29) is 0 Å². The molecule has 0 spiro atoms. The van der Waals surface area contributed by atoms with E-state index in [9.17, 15) is 9.59 Å². The van der Waals surface area contributed by atoms with Crippen molar-refractivity contribution in [2.24, 2.45) is 5.10 Å². The van der Waals surface area contributed by atoms with E-state index in [0.717, 1.165) is 0 Å². The van der Waals surface area contributed by atoms with E-state index in [1.54, 1.807) is 30.3 Å². The molecule has 0 aliphatic rings. The van der Waals surface area contributed by atoms with Crippen molar-refractivity contribution in [2.75, 3.05) is 19.5 Å². The van der Waals surface area contributed by atoms with Crippen LogP contribution in [0.2, 0.25) is 10.0 Å². The number of hydrogen-bond acceptors (Lipinski definition) is 5. The largest absolute Gasteiger partial charge is 0.493 e. The average molecular weight is 396 g/mol. The standard InChI is InChI=1S/C17H15Cl2N3O4/c1-25-14-7-10(6-13(19)15(14)26-2)9-20-22-17(24)16(23)21-12-5-3-4-11(18)8-12/h3-9H,1-2H3,(H,21,23)(H,22,24)/b20-9-. The molecule has 0 aliphatic carbocycles. The number of benzene rings is 2. The zero-order chi connectivity index (χ0) is 19.1. The molecule has 0 saturated heterocycles. The van der Waals surface area contributed by atoms with Crippen molar-refractivity contribution in [3.05, 3.63) is 52.0 Å². The van der Waals surface area contributed by atoms with Gasteiger partial charge in [0.05, 0.1) is 25.5 Å². The first kappa shape index (κ1) is 19.6. The number of methoxy groups -OCH3 is 2. The van der Waals surface area contributed by atoms with Crippen molar-refractivity contribution in [3.63, 3.8) is 0 Å². The van der Waals surface area contributed by atoms with Crippen LogP contribution in [0.4, 0.5) is 5.69 Å². The molecule has 136 valence electrons. The maximum absolute atomic E-state index is 11.8. The van der Waals surface area contributed by atoms with Crippen LogP contribution in [-0.2, 0) is 9.59 Å². The van der Waals surface area contributed by atoms with Gasteiger partial charge in [0.25, 0.3) is 0 Å². The van der Waals surface area contributed by atoms with Gasteiger partial charge in [0.15, 0.2) is 11.5 Å². The van der Waals surface area contributed by atoms with Gasteiger partial charge in [0.2, 0.25) is 0 Å². The number of ether oxygens (including phenoxy) is 2. The lowest BCUT2D eigenvalue weighted by atomic mass is 10.2. The smallest absolute Gasteiger partial charge is 0.329 e. The zero-order valence-electron chi connectivity index (χ0n) is 13.9. The van der Waals surface area contributed by atoms with Gasteiger partial charge < -0.3 is 14.8 Å². The van der Waals surface area contributed by atoms with Crippen LogP contribution in [0.5, 0.6) is 11.5 Å². The molecule has 0 heterocycles. The molecule has 9 heteroatoms. The van der Waals surface area contributed by atoms with E-state index in [0.29, 0.717) is 32.8 Å². The summed E-state index contributed by atoms with van der Waals surface area (Å²) in [5.41, 5.74) is 3.06. The summed E-state index contributed by atoms with van der Waals surface area (Å²) in [5, 5.41) is 6.89. The fraction of sp³-hybridized carbons (Fsp3) is 0.118. The Hall–Kier alpha value is -2.77. The Morgan fingerprint density at radius 1 is 1.08 bits per heavy atom. The molecule has 2 N–H and O–H groups in total. The molecule has 0 aliphatic heterocycles. The molecular formula is C17H15Cl2N3O4. The van der Waals surface area contributed by atoms with Gasteiger partial charge >= 0.3 is 11.8 Å². The number of carbonyl (C=O) groups excluding carboxylic acids is 2. The summed E-state index contributed by atoms with van der Waals surface area (Å²) in [5.74, 6) is -1.02. The lowest BCUT2D eigenvalue weighted by molar-refractivity contribution is -0.136. The highest BCUT2D eigenvalue weighted by atomic mass is 35.5. The number of amides is 2. The number of hydrogen-bond donors (Lipinski definition) is 2. The van der Waals surface area contributed by atoms with Crippen LogP contribution in [0.1, 0.15) is 5.56 Å². The Morgan fingerprint density at radius 2 is 1.85 bits per heavy atom. The quantitative estimate of drug-likeness (QED) is 0.462. The van der Waals surface area contributed by atoms with Gasteiger partial charge in [-0.2, -0.15) is 5.10 Å². The molecule has 2 aromatic rings. The summed E-state index contributed by atoms with van der Waals surface area (Å²) in [6.07, 6.45) is 1.32. The molecule has 0 radical (unpaired) electrons. The van der Waals surface area contributed by atoms with Crippen LogP contribution < -0.4 is 20.2 Å². The van der Waals surface area contributed by atoms with Gasteiger partial charge in [-0.3, -0.25) is 9.59 Å². The van der Waals surface area contributed by atoms with Crippen LogP contribution in [0.3, 0.4) is 0 Å². The fourth-order valence-corrected chi connectivity index (χ4v) is 2.47. The maximum atomic E-state index is 11.8. The summed E-state index contributed by atoms with van der Waals surface area (Å²) in [7, 11) is 2.94. The lowest BCUT2D eigenvalue weighted by Gasteiger charge is -2.09. The average Bonchev–Trinajstić information content (AvgIpc) is 2.61. The Morgan fingerprint density at radius 3 is 2.50 bits per heavy atom. The summed E-state index contributed by atoms with van der Waals surface area (Å²) in [6.45, 7) is 0. The third-order valence-electron chi connectivity index (χ3n) is 3.12. The highest BCUT2D eigenvalue weighted by Gasteiger charge is 2.13. The Bertz CT molecular complexity index is 856. The van der Waals surface area contributed by atoms with E-state index in [1.165, 1.54) is 26.5 Å². The lowest BCUT2D eigenvalue weighted by Crippen LogP contribution is -2.32. The molecule has 7 nitrogen and oxygen atoms in total. The predicted molar refractivity (Wildman–Crippen MR) is 100 cm³/mol. The van der Waals surface area contributed by atoms with Gasteiger partial charge in [-0.1, -0.05) is 29.3 Å². The number of halogens is 2. The topological polar surface area (TPSA) is 89.0 Å². The third-order valence-corrected chi connectivity index (χ3v) is 3.64. The number of rotatable bonds is 5. The van der Waals surface area contributed by atoms with Crippen LogP contribution in [0.15, 0.2) is 41.5 Å². The van der Waals surface area contributed by atoms with Gasteiger partial charge in [-0.15, -0.1) is 0 Å². The van der Waals surface area contributed by atoms with Crippen molar-refractivity contribution in [1.82, 2.24) is 5.43 Å². The minimum atomic E-state index is -0.937. The Labute approximate surface area is 159 Å². The van der Waals surface area contributed by atoms with Crippen LogP contribution in [-0.4, -0.2) is 32.2 Å².